The molecule has 7 nitrogen and oxygen atoms in total. The Morgan fingerprint density at radius 2 is 2.03 bits per heavy atom. The summed E-state index contributed by atoms with van der Waals surface area (Å²) in [5.41, 5.74) is 6.66. The Kier molecular flexibility index (Phi) is 6.90. The Bertz CT molecular complexity index is 1080. The highest BCUT2D eigenvalue weighted by Gasteiger charge is 2.25. The van der Waals surface area contributed by atoms with Crippen LogP contribution in [0.2, 0.25) is 0 Å². The largest absolute Gasteiger partial charge is 0.493 e. The third kappa shape index (κ3) is 5.19. The van der Waals surface area contributed by atoms with E-state index in [1.807, 2.05) is 12.1 Å². The summed E-state index contributed by atoms with van der Waals surface area (Å²) in [5, 5.41) is 4.93. The summed E-state index contributed by atoms with van der Waals surface area (Å²) < 4.78 is 30.2. The zero-order chi connectivity index (χ0) is 22.5. The minimum atomic E-state index is -0.380. The molecule has 8 heteroatoms. The Morgan fingerprint density at radius 1 is 1.22 bits per heavy atom. The number of likely N-dealkylation sites (tertiary alicyclic amines) is 1. The second kappa shape index (κ2) is 9.99. The zero-order valence-electron chi connectivity index (χ0n) is 18.2. The molecule has 0 aliphatic carbocycles. The van der Waals surface area contributed by atoms with Crippen LogP contribution in [0.25, 0.3) is 10.9 Å². The highest BCUT2D eigenvalue weighted by atomic mass is 19.1. The van der Waals surface area contributed by atoms with Gasteiger partial charge >= 0.3 is 0 Å². The molecule has 0 atom stereocenters. The van der Waals surface area contributed by atoms with Crippen LogP contribution in [0.3, 0.4) is 0 Å². The Labute approximate surface area is 186 Å². The predicted octanol–water partition coefficient (Wildman–Crippen LogP) is 3.65. The van der Waals surface area contributed by atoms with E-state index >= 15 is 0 Å². The third-order valence-corrected chi connectivity index (χ3v) is 5.91. The van der Waals surface area contributed by atoms with Crippen molar-refractivity contribution in [3.8, 4) is 11.5 Å². The molecule has 2 aromatic carbocycles. The number of benzene rings is 2. The average molecular weight is 442 g/mol. The van der Waals surface area contributed by atoms with E-state index in [1.54, 1.807) is 19.2 Å². The van der Waals surface area contributed by atoms with Crippen LogP contribution in [0.4, 0.5) is 4.39 Å². The van der Waals surface area contributed by atoms with Crippen LogP contribution in [0.1, 0.15) is 36.5 Å². The number of nitrogens with zero attached hydrogens (tertiary/aromatic N) is 2. The van der Waals surface area contributed by atoms with E-state index in [0.29, 0.717) is 29.5 Å². The topological polar surface area (TPSA) is 90.8 Å². The lowest BCUT2D eigenvalue weighted by Gasteiger charge is -2.30. The number of hydrogen-bond donors (Lipinski definition) is 1. The van der Waals surface area contributed by atoms with E-state index in [1.165, 1.54) is 12.1 Å². The maximum atomic E-state index is 13.4. The van der Waals surface area contributed by atoms with Crippen molar-refractivity contribution in [3.63, 3.8) is 0 Å². The molecule has 1 amide bonds. The molecule has 2 N–H and O–H groups in total. The first-order valence-corrected chi connectivity index (χ1v) is 10.9. The summed E-state index contributed by atoms with van der Waals surface area (Å²) in [7, 11) is 1.59. The van der Waals surface area contributed by atoms with Crippen LogP contribution >= 0.6 is 0 Å². The van der Waals surface area contributed by atoms with E-state index in [2.05, 4.69) is 10.1 Å². The van der Waals surface area contributed by atoms with Crippen molar-refractivity contribution in [2.75, 3.05) is 33.4 Å². The van der Waals surface area contributed by atoms with Gasteiger partial charge in [0.25, 0.3) is 0 Å². The highest BCUT2D eigenvalue weighted by Crippen LogP contribution is 2.33. The predicted molar refractivity (Wildman–Crippen MR) is 118 cm³/mol. The Hall–Kier alpha value is -3.13. The van der Waals surface area contributed by atoms with Crippen LogP contribution in [0, 0.1) is 5.82 Å². The number of piperidine rings is 1. The SMILES string of the molecule is COc1ccc(CC(N)=O)cc1OCCCN1CCC(c2onc3cc(F)ccc23)CC1. The van der Waals surface area contributed by atoms with Gasteiger partial charge in [0.2, 0.25) is 5.91 Å². The summed E-state index contributed by atoms with van der Waals surface area (Å²) in [5.74, 6) is 1.75. The van der Waals surface area contributed by atoms with Gasteiger partial charge in [0, 0.05) is 23.9 Å². The summed E-state index contributed by atoms with van der Waals surface area (Å²) >= 11 is 0. The number of hydrogen-bond acceptors (Lipinski definition) is 6. The van der Waals surface area contributed by atoms with Crippen LogP contribution in [-0.2, 0) is 11.2 Å². The van der Waals surface area contributed by atoms with Gasteiger partial charge in [0.05, 0.1) is 20.1 Å². The first kappa shape index (κ1) is 22.1. The van der Waals surface area contributed by atoms with Gasteiger partial charge in [-0.1, -0.05) is 11.2 Å². The standard InChI is InChI=1S/C24H28FN3O4/c1-30-21-6-3-16(14-23(26)29)13-22(21)31-12-2-9-28-10-7-17(8-11-28)24-19-5-4-18(25)15-20(19)27-32-24/h3-6,13,15,17H,2,7-12,14H2,1H3,(H2,26,29). The number of rotatable bonds is 9. The van der Waals surface area contributed by atoms with Crippen LogP contribution < -0.4 is 15.2 Å². The summed E-state index contributed by atoms with van der Waals surface area (Å²) in [4.78, 5) is 13.6. The Balaban J connectivity index is 1.25. The van der Waals surface area contributed by atoms with E-state index in [9.17, 15) is 9.18 Å². The maximum absolute atomic E-state index is 13.4. The van der Waals surface area contributed by atoms with Crippen molar-refractivity contribution < 1.29 is 23.2 Å². The molecule has 1 saturated heterocycles. The van der Waals surface area contributed by atoms with Gasteiger partial charge in [-0.3, -0.25) is 4.79 Å². The molecule has 1 fully saturated rings. The average Bonchev–Trinajstić information content (AvgIpc) is 3.20. The fourth-order valence-corrected chi connectivity index (χ4v) is 4.26. The van der Waals surface area contributed by atoms with E-state index < -0.39 is 0 Å². The van der Waals surface area contributed by atoms with Gasteiger partial charge in [0.15, 0.2) is 11.5 Å². The fourth-order valence-electron chi connectivity index (χ4n) is 4.26. The second-order valence-electron chi connectivity index (χ2n) is 8.15. The molecule has 4 rings (SSSR count). The summed E-state index contributed by atoms with van der Waals surface area (Å²) in [6, 6.07) is 10.0. The van der Waals surface area contributed by atoms with Crippen LogP contribution in [-0.4, -0.2) is 49.3 Å². The third-order valence-electron chi connectivity index (χ3n) is 5.91. The van der Waals surface area contributed by atoms with Gasteiger partial charge in [-0.05, 0) is 62.2 Å². The summed E-state index contributed by atoms with van der Waals surface area (Å²) in [6.45, 7) is 3.41. The Morgan fingerprint density at radius 3 is 2.78 bits per heavy atom. The normalized spacial score (nSPS) is 15.2. The molecular weight excluding hydrogens is 413 g/mol. The molecule has 32 heavy (non-hydrogen) atoms. The molecule has 0 spiro atoms. The first-order chi connectivity index (χ1) is 15.5. The number of nitrogens with two attached hydrogens (primary N) is 1. The molecule has 170 valence electrons. The van der Waals surface area contributed by atoms with Gasteiger partial charge in [-0.15, -0.1) is 0 Å². The summed E-state index contributed by atoms with van der Waals surface area (Å²) in [6.07, 6.45) is 3.00. The minimum absolute atomic E-state index is 0.171. The number of methoxy groups -OCH3 is 1. The molecule has 1 aliphatic heterocycles. The van der Waals surface area contributed by atoms with E-state index in [-0.39, 0.29) is 18.1 Å². The molecular formula is C24H28FN3O4. The number of primary amides is 1. The monoisotopic (exact) mass is 441 g/mol. The van der Waals surface area contributed by atoms with Crippen molar-refractivity contribution in [2.45, 2.75) is 31.6 Å². The number of amides is 1. The zero-order valence-corrected chi connectivity index (χ0v) is 18.2. The first-order valence-electron chi connectivity index (χ1n) is 10.9. The minimum Gasteiger partial charge on any atom is -0.493 e. The van der Waals surface area contributed by atoms with Crippen LogP contribution in [0.5, 0.6) is 11.5 Å². The number of fused-ring (bicyclic) bond motifs is 1. The van der Waals surface area contributed by atoms with Crippen molar-refractivity contribution in [2.24, 2.45) is 5.73 Å². The molecule has 0 unspecified atom stereocenters. The number of carbonyl (C=O) groups is 1. The number of aromatic nitrogens is 1. The molecule has 0 saturated carbocycles. The van der Waals surface area contributed by atoms with Gasteiger partial charge in [-0.2, -0.15) is 0 Å². The van der Waals surface area contributed by atoms with Crippen molar-refractivity contribution in [1.82, 2.24) is 10.1 Å². The van der Waals surface area contributed by atoms with Gasteiger partial charge in [-0.25, -0.2) is 4.39 Å². The molecule has 1 aliphatic rings. The van der Waals surface area contributed by atoms with Gasteiger partial charge < -0.3 is 24.6 Å². The lowest BCUT2D eigenvalue weighted by Crippen LogP contribution is -2.34. The lowest BCUT2D eigenvalue weighted by atomic mass is 9.92. The number of ether oxygens (including phenoxy) is 2. The molecule has 0 radical (unpaired) electrons. The maximum Gasteiger partial charge on any atom is 0.221 e. The highest BCUT2D eigenvalue weighted by molar-refractivity contribution is 5.81. The molecule has 2 heterocycles. The van der Waals surface area contributed by atoms with Crippen molar-refractivity contribution in [3.05, 3.63) is 53.5 Å². The molecule has 3 aromatic rings. The molecule has 1 aromatic heterocycles. The second-order valence-corrected chi connectivity index (χ2v) is 8.15. The van der Waals surface area contributed by atoms with Crippen LogP contribution in [0.15, 0.2) is 40.9 Å². The van der Waals surface area contributed by atoms with E-state index in [4.69, 9.17) is 19.7 Å². The quantitative estimate of drug-likeness (QED) is 0.510. The van der Waals surface area contributed by atoms with Gasteiger partial charge in [0.1, 0.15) is 17.1 Å². The van der Waals surface area contributed by atoms with E-state index in [0.717, 1.165) is 55.6 Å². The number of halogens is 1. The van der Waals surface area contributed by atoms with Crippen molar-refractivity contribution >= 4 is 16.8 Å². The molecule has 0 bridgehead atoms. The fraction of sp³-hybridized carbons (Fsp3) is 0.417. The lowest BCUT2D eigenvalue weighted by molar-refractivity contribution is -0.117. The number of carbonyl (C=O) groups excluding carboxylic acids is 1. The smallest absolute Gasteiger partial charge is 0.221 e. The van der Waals surface area contributed by atoms with Crippen molar-refractivity contribution in [1.29, 1.82) is 0 Å².